The quantitative estimate of drug-likeness (QED) is 0.211. The first-order valence-electron chi connectivity index (χ1n) is 11.8. The molecule has 4 aromatic rings. The summed E-state index contributed by atoms with van der Waals surface area (Å²) in [6, 6.07) is 12.0. The lowest BCUT2D eigenvalue weighted by atomic mass is 9.89. The van der Waals surface area contributed by atoms with Gasteiger partial charge in [-0.2, -0.15) is 0 Å². The lowest BCUT2D eigenvalue weighted by Gasteiger charge is -2.16. The summed E-state index contributed by atoms with van der Waals surface area (Å²) in [5.41, 5.74) is 6.23. The Bertz CT molecular complexity index is 1480. The SMILES string of the molecule is CCC(Sc1nc2scc(-c3ccc4c(c3)CCCC4)c2c(=O)[nH]1)C(=O)Nc1cc(Cl)ccc1C. The topological polar surface area (TPSA) is 74.8 Å². The standard InChI is InChI=1S/C27H26ClN3O2S2/c1-3-22(24(32)29-21-13-19(28)11-8-15(21)2)35-27-30-25(33)23-20(14-34-26(23)31-27)18-10-9-16-6-4-5-7-17(16)12-18/h8-14,22H,3-7H2,1-2H3,(H,29,32)(H,30,31,33). The first-order chi connectivity index (χ1) is 16.9. The fourth-order valence-electron chi connectivity index (χ4n) is 4.50. The molecule has 0 aliphatic heterocycles. The van der Waals surface area contributed by atoms with E-state index in [9.17, 15) is 9.59 Å². The number of benzene rings is 2. The number of nitrogens with one attached hydrogen (secondary N) is 2. The molecule has 8 heteroatoms. The van der Waals surface area contributed by atoms with Crippen molar-refractivity contribution >= 4 is 56.5 Å². The van der Waals surface area contributed by atoms with Gasteiger partial charge in [0.15, 0.2) is 5.16 Å². The third-order valence-electron chi connectivity index (χ3n) is 6.46. The molecule has 0 saturated heterocycles. The molecule has 180 valence electrons. The Morgan fingerprint density at radius 1 is 1.20 bits per heavy atom. The van der Waals surface area contributed by atoms with Crippen molar-refractivity contribution in [1.29, 1.82) is 0 Å². The number of halogens is 1. The number of hydrogen-bond donors (Lipinski definition) is 2. The van der Waals surface area contributed by atoms with Crippen molar-refractivity contribution in [2.45, 2.75) is 56.4 Å². The predicted octanol–water partition coefficient (Wildman–Crippen LogP) is 7.00. The van der Waals surface area contributed by atoms with Crippen LogP contribution in [0.5, 0.6) is 0 Å². The van der Waals surface area contributed by atoms with E-state index in [0.29, 0.717) is 32.5 Å². The van der Waals surface area contributed by atoms with E-state index in [0.717, 1.165) is 29.5 Å². The van der Waals surface area contributed by atoms with E-state index in [2.05, 4.69) is 28.5 Å². The summed E-state index contributed by atoms with van der Waals surface area (Å²) in [7, 11) is 0. The number of thiophene rings is 1. The molecule has 1 aliphatic rings. The van der Waals surface area contributed by atoms with Crippen LogP contribution < -0.4 is 10.9 Å². The molecular weight excluding hydrogens is 498 g/mol. The van der Waals surface area contributed by atoms with Gasteiger partial charge in [0.05, 0.1) is 10.6 Å². The van der Waals surface area contributed by atoms with Crippen molar-refractivity contribution in [3.8, 4) is 11.1 Å². The van der Waals surface area contributed by atoms with E-state index in [-0.39, 0.29) is 11.5 Å². The Hall–Kier alpha value is -2.61. The molecule has 1 unspecified atom stereocenters. The number of carbonyl (C=O) groups excluding carboxylic acids is 1. The number of hydrogen-bond acceptors (Lipinski definition) is 5. The van der Waals surface area contributed by atoms with Crippen molar-refractivity contribution in [2.75, 3.05) is 5.32 Å². The highest BCUT2D eigenvalue weighted by Crippen LogP contribution is 2.35. The molecule has 2 N–H and O–H groups in total. The molecule has 0 saturated carbocycles. The van der Waals surface area contributed by atoms with Crippen LogP contribution in [-0.2, 0) is 17.6 Å². The zero-order valence-corrected chi connectivity index (χ0v) is 22.0. The molecule has 1 aliphatic carbocycles. The highest BCUT2D eigenvalue weighted by molar-refractivity contribution is 8.00. The van der Waals surface area contributed by atoms with Gasteiger partial charge in [0.2, 0.25) is 5.91 Å². The van der Waals surface area contributed by atoms with E-state index in [4.69, 9.17) is 16.6 Å². The number of amides is 1. The van der Waals surface area contributed by atoms with Gasteiger partial charge in [-0.25, -0.2) is 4.98 Å². The third kappa shape index (κ3) is 5.03. The van der Waals surface area contributed by atoms with Gasteiger partial charge in [0, 0.05) is 21.7 Å². The Balaban J connectivity index is 1.40. The van der Waals surface area contributed by atoms with E-state index in [1.165, 1.54) is 47.1 Å². The van der Waals surface area contributed by atoms with Crippen LogP contribution in [0.1, 0.15) is 42.9 Å². The maximum atomic E-state index is 13.1. The number of carbonyl (C=O) groups is 1. The Morgan fingerprint density at radius 3 is 2.80 bits per heavy atom. The molecule has 2 aromatic heterocycles. The molecule has 0 fully saturated rings. The summed E-state index contributed by atoms with van der Waals surface area (Å²) in [4.78, 5) is 34.4. The molecule has 0 spiro atoms. The minimum Gasteiger partial charge on any atom is -0.325 e. The molecule has 1 amide bonds. The first kappa shape index (κ1) is 24.1. The van der Waals surface area contributed by atoms with Crippen LogP contribution in [0.25, 0.3) is 21.3 Å². The van der Waals surface area contributed by atoms with Crippen molar-refractivity contribution < 1.29 is 4.79 Å². The number of anilines is 1. The maximum Gasteiger partial charge on any atom is 0.260 e. The molecule has 0 radical (unpaired) electrons. The average molecular weight is 524 g/mol. The fourth-order valence-corrected chi connectivity index (χ4v) is 6.57. The van der Waals surface area contributed by atoms with Crippen molar-refractivity contribution in [2.24, 2.45) is 0 Å². The minimum atomic E-state index is -0.408. The molecular formula is C27H26ClN3O2S2. The predicted molar refractivity (Wildman–Crippen MR) is 147 cm³/mol. The largest absolute Gasteiger partial charge is 0.325 e. The highest BCUT2D eigenvalue weighted by Gasteiger charge is 2.22. The number of nitrogens with zero attached hydrogens (tertiary/aromatic N) is 1. The van der Waals surface area contributed by atoms with Gasteiger partial charge in [-0.15, -0.1) is 11.3 Å². The summed E-state index contributed by atoms with van der Waals surface area (Å²) in [5.74, 6) is -0.147. The van der Waals surface area contributed by atoms with E-state index < -0.39 is 5.25 Å². The second kappa shape index (κ2) is 10.2. The molecule has 35 heavy (non-hydrogen) atoms. The van der Waals surface area contributed by atoms with Gasteiger partial charge in [-0.3, -0.25) is 9.59 Å². The lowest BCUT2D eigenvalue weighted by Crippen LogP contribution is -2.25. The number of aromatic nitrogens is 2. The fraction of sp³-hybridized carbons (Fsp3) is 0.296. The van der Waals surface area contributed by atoms with Gasteiger partial charge in [0.25, 0.3) is 5.56 Å². The van der Waals surface area contributed by atoms with E-state index in [1.54, 1.807) is 12.1 Å². The van der Waals surface area contributed by atoms with Crippen molar-refractivity contribution in [1.82, 2.24) is 9.97 Å². The Labute approximate surface area is 217 Å². The van der Waals surface area contributed by atoms with Crippen LogP contribution in [-0.4, -0.2) is 21.1 Å². The van der Waals surface area contributed by atoms with Gasteiger partial charge in [0.1, 0.15) is 4.83 Å². The normalized spacial score (nSPS) is 14.0. The summed E-state index contributed by atoms with van der Waals surface area (Å²) >= 11 is 8.83. The van der Waals surface area contributed by atoms with Crippen LogP contribution in [0, 0.1) is 6.92 Å². The Morgan fingerprint density at radius 2 is 2.00 bits per heavy atom. The zero-order chi connectivity index (χ0) is 24.5. The van der Waals surface area contributed by atoms with E-state index >= 15 is 0 Å². The average Bonchev–Trinajstić information content (AvgIpc) is 3.29. The summed E-state index contributed by atoms with van der Waals surface area (Å²) < 4.78 is 0. The van der Waals surface area contributed by atoms with Crippen LogP contribution in [0.3, 0.4) is 0 Å². The molecule has 1 atom stereocenters. The van der Waals surface area contributed by atoms with Gasteiger partial charge in [-0.1, -0.05) is 54.6 Å². The van der Waals surface area contributed by atoms with Gasteiger partial charge >= 0.3 is 0 Å². The maximum absolute atomic E-state index is 13.1. The number of aromatic amines is 1. The molecule has 5 nitrogen and oxygen atoms in total. The van der Waals surface area contributed by atoms with Crippen LogP contribution >= 0.6 is 34.7 Å². The number of rotatable bonds is 6. The van der Waals surface area contributed by atoms with Gasteiger partial charge in [-0.05, 0) is 73.4 Å². The number of aryl methyl sites for hydroxylation is 3. The summed E-state index contributed by atoms with van der Waals surface area (Å²) in [6.07, 6.45) is 5.27. The summed E-state index contributed by atoms with van der Waals surface area (Å²) in [5, 5.41) is 6.20. The smallest absolute Gasteiger partial charge is 0.260 e. The highest BCUT2D eigenvalue weighted by atomic mass is 35.5. The second-order valence-electron chi connectivity index (χ2n) is 8.85. The summed E-state index contributed by atoms with van der Waals surface area (Å²) in [6.45, 7) is 3.86. The van der Waals surface area contributed by atoms with Crippen LogP contribution in [0.15, 0.2) is 51.7 Å². The van der Waals surface area contributed by atoms with Crippen molar-refractivity contribution in [3.05, 3.63) is 73.8 Å². The van der Waals surface area contributed by atoms with Crippen LogP contribution in [0.2, 0.25) is 5.02 Å². The molecule has 2 heterocycles. The first-order valence-corrected chi connectivity index (χ1v) is 13.9. The Kier molecular flexibility index (Phi) is 7.00. The molecule has 2 aromatic carbocycles. The number of fused-ring (bicyclic) bond motifs is 2. The monoisotopic (exact) mass is 523 g/mol. The minimum absolute atomic E-state index is 0.147. The molecule has 0 bridgehead atoms. The zero-order valence-electron chi connectivity index (χ0n) is 19.6. The number of thioether (sulfide) groups is 1. The molecule has 5 rings (SSSR count). The second-order valence-corrected chi connectivity index (χ2v) is 11.3. The lowest BCUT2D eigenvalue weighted by molar-refractivity contribution is -0.115. The third-order valence-corrected chi connectivity index (χ3v) is 8.81. The van der Waals surface area contributed by atoms with Crippen LogP contribution in [0.4, 0.5) is 5.69 Å². The van der Waals surface area contributed by atoms with E-state index in [1.807, 2.05) is 25.3 Å². The van der Waals surface area contributed by atoms with Gasteiger partial charge < -0.3 is 10.3 Å². The van der Waals surface area contributed by atoms with Crippen molar-refractivity contribution in [3.63, 3.8) is 0 Å². The number of H-pyrrole nitrogens is 1.